The Balaban J connectivity index is 2.03. The van der Waals surface area contributed by atoms with Crippen molar-refractivity contribution in [1.82, 2.24) is 5.01 Å². The van der Waals surface area contributed by atoms with Crippen LogP contribution in [0.1, 0.15) is 30.0 Å². The highest BCUT2D eigenvalue weighted by molar-refractivity contribution is 6.33. The van der Waals surface area contributed by atoms with E-state index in [1.807, 2.05) is 13.0 Å². The molecule has 21 heavy (non-hydrogen) atoms. The second-order valence-electron chi connectivity index (χ2n) is 5.88. The Morgan fingerprint density at radius 3 is 2.90 bits per heavy atom. The molecule has 2 heterocycles. The Hall–Kier alpha value is -1.57. The standard InChI is InChI=1S/C16H18ClN3O/c1-9-6-13-16(21-3)15(19-20(13)8-9)12-5-4-11(7-18)14(17)10(12)2/h4-5,9,13,16H,6,8H2,1-3H3. The van der Waals surface area contributed by atoms with E-state index in [0.29, 0.717) is 22.5 Å². The highest BCUT2D eigenvalue weighted by atomic mass is 35.5. The van der Waals surface area contributed by atoms with Crippen molar-refractivity contribution in [2.24, 2.45) is 11.0 Å². The lowest BCUT2D eigenvalue weighted by molar-refractivity contribution is 0.0986. The summed E-state index contributed by atoms with van der Waals surface area (Å²) < 4.78 is 5.71. The first-order valence-electron chi connectivity index (χ1n) is 7.14. The number of hydrazone groups is 1. The van der Waals surface area contributed by atoms with Crippen LogP contribution in [0.2, 0.25) is 5.02 Å². The second-order valence-corrected chi connectivity index (χ2v) is 6.26. The predicted octanol–water partition coefficient (Wildman–Crippen LogP) is 2.96. The molecule has 2 aliphatic rings. The molecule has 0 N–H and O–H groups in total. The van der Waals surface area contributed by atoms with Crippen LogP contribution in [0.4, 0.5) is 0 Å². The number of hydrogen-bond donors (Lipinski definition) is 0. The van der Waals surface area contributed by atoms with Crippen molar-refractivity contribution in [2.45, 2.75) is 32.4 Å². The number of nitrogens with zero attached hydrogens (tertiary/aromatic N) is 3. The number of ether oxygens (including phenoxy) is 1. The maximum absolute atomic E-state index is 9.06. The summed E-state index contributed by atoms with van der Waals surface area (Å²) in [5, 5.41) is 16.5. The maximum Gasteiger partial charge on any atom is 0.123 e. The summed E-state index contributed by atoms with van der Waals surface area (Å²) >= 11 is 6.28. The molecule has 0 saturated carbocycles. The lowest BCUT2D eigenvalue weighted by Crippen LogP contribution is -2.35. The average Bonchev–Trinajstić information content (AvgIpc) is 2.97. The van der Waals surface area contributed by atoms with E-state index in [4.69, 9.17) is 26.7 Å². The first-order chi connectivity index (χ1) is 10.1. The topological polar surface area (TPSA) is 48.6 Å². The molecule has 3 unspecified atom stereocenters. The van der Waals surface area contributed by atoms with Crippen molar-refractivity contribution in [1.29, 1.82) is 5.26 Å². The molecule has 0 radical (unpaired) electrons. The molecule has 2 aliphatic heterocycles. The Labute approximate surface area is 130 Å². The second kappa shape index (κ2) is 5.32. The average molecular weight is 304 g/mol. The van der Waals surface area contributed by atoms with E-state index in [9.17, 15) is 0 Å². The van der Waals surface area contributed by atoms with Gasteiger partial charge in [-0.2, -0.15) is 10.4 Å². The largest absolute Gasteiger partial charge is 0.373 e. The van der Waals surface area contributed by atoms with E-state index in [-0.39, 0.29) is 6.10 Å². The fourth-order valence-electron chi connectivity index (χ4n) is 3.36. The normalized spacial score (nSPS) is 27.5. The smallest absolute Gasteiger partial charge is 0.123 e. The molecular weight excluding hydrogens is 286 g/mol. The Morgan fingerprint density at radius 2 is 2.24 bits per heavy atom. The molecule has 1 aromatic carbocycles. The van der Waals surface area contributed by atoms with Gasteiger partial charge in [-0.05, 0) is 30.9 Å². The lowest BCUT2D eigenvalue weighted by atomic mass is 9.94. The molecule has 1 saturated heterocycles. The molecule has 0 aliphatic carbocycles. The molecule has 1 aromatic rings. The zero-order valence-electron chi connectivity index (χ0n) is 12.4. The number of fused-ring (bicyclic) bond motifs is 1. The van der Waals surface area contributed by atoms with Crippen LogP contribution < -0.4 is 0 Å². The minimum absolute atomic E-state index is 0.0300. The third-order valence-electron chi connectivity index (χ3n) is 4.42. The van der Waals surface area contributed by atoms with E-state index in [1.54, 1.807) is 13.2 Å². The van der Waals surface area contributed by atoms with Gasteiger partial charge in [0, 0.05) is 19.2 Å². The van der Waals surface area contributed by atoms with Crippen LogP contribution in [0.5, 0.6) is 0 Å². The van der Waals surface area contributed by atoms with Gasteiger partial charge in [0.15, 0.2) is 0 Å². The number of halogens is 1. The highest BCUT2D eigenvalue weighted by Crippen LogP contribution is 2.35. The molecular formula is C16H18ClN3O. The number of rotatable bonds is 2. The molecule has 0 aromatic heterocycles. The summed E-state index contributed by atoms with van der Waals surface area (Å²) in [5.41, 5.74) is 3.30. The van der Waals surface area contributed by atoms with Crippen LogP contribution in [-0.4, -0.2) is 36.5 Å². The molecule has 0 spiro atoms. The highest BCUT2D eigenvalue weighted by Gasteiger charge is 2.43. The fraction of sp³-hybridized carbons (Fsp3) is 0.500. The van der Waals surface area contributed by atoms with Crippen LogP contribution in [0.25, 0.3) is 0 Å². The van der Waals surface area contributed by atoms with Crippen molar-refractivity contribution >= 4 is 17.3 Å². The predicted molar refractivity (Wildman–Crippen MR) is 82.5 cm³/mol. The molecule has 0 bridgehead atoms. The van der Waals surface area contributed by atoms with Gasteiger partial charge < -0.3 is 4.74 Å². The van der Waals surface area contributed by atoms with Crippen LogP contribution in [-0.2, 0) is 4.74 Å². The fourth-order valence-corrected chi connectivity index (χ4v) is 3.57. The van der Waals surface area contributed by atoms with Gasteiger partial charge in [0.2, 0.25) is 0 Å². The van der Waals surface area contributed by atoms with Gasteiger partial charge >= 0.3 is 0 Å². The van der Waals surface area contributed by atoms with Crippen LogP contribution in [0.15, 0.2) is 17.2 Å². The third-order valence-corrected chi connectivity index (χ3v) is 4.90. The molecule has 3 rings (SSSR count). The zero-order valence-corrected chi connectivity index (χ0v) is 13.2. The quantitative estimate of drug-likeness (QED) is 0.844. The summed E-state index contributed by atoms with van der Waals surface area (Å²) in [6, 6.07) is 6.11. The van der Waals surface area contributed by atoms with Gasteiger partial charge in [-0.3, -0.25) is 5.01 Å². The number of methoxy groups -OCH3 is 1. The zero-order chi connectivity index (χ0) is 15.1. The van der Waals surface area contributed by atoms with Crippen molar-refractivity contribution in [3.63, 3.8) is 0 Å². The van der Waals surface area contributed by atoms with Gasteiger partial charge in [0.25, 0.3) is 0 Å². The van der Waals surface area contributed by atoms with Gasteiger partial charge in [-0.1, -0.05) is 24.6 Å². The van der Waals surface area contributed by atoms with E-state index in [0.717, 1.165) is 29.8 Å². The van der Waals surface area contributed by atoms with Crippen molar-refractivity contribution in [3.8, 4) is 6.07 Å². The third kappa shape index (κ3) is 2.21. The van der Waals surface area contributed by atoms with Crippen molar-refractivity contribution in [3.05, 3.63) is 33.8 Å². The SMILES string of the molecule is COC1C(c2ccc(C#N)c(Cl)c2C)=NN2CC(C)CC12. The van der Waals surface area contributed by atoms with Crippen molar-refractivity contribution < 1.29 is 4.74 Å². The summed E-state index contributed by atoms with van der Waals surface area (Å²) in [5.74, 6) is 0.642. The minimum Gasteiger partial charge on any atom is -0.373 e. The summed E-state index contributed by atoms with van der Waals surface area (Å²) in [4.78, 5) is 0. The number of benzene rings is 1. The number of nitriles is 1. The summed E-state index contributed by atoms with van der Waals surface area (Å²) in [6.45, 7) is 5.14. The molecule has 5 heteroatoms. The first-order valence-corrected chi connectivity index (χ1v) is 7.52. The first kappa shape index (κ1) is 14.4. The van der Waals surface area contributed by atoms with Gasteiger partial charge in [0.05, 0.1) is 22.3 Å². The lowest BCUT2D eigenvalue weighted by Gasteiger charge is -2.20. The summed E-state index contributed by atoms with van der Waals surface area (Å²) in [7, 11) is 1.73. The van der Waals surface area contributed by atoms with Gasteiger partial charge in [-0.25, -0.2) is 0 Å². The van der Waals surface area contributed by atoms with Crippen LogP contribution in [0, 0.1) is 24.2 Å². The molecule has 110 valence electrons. The van der Waals surface area contributed by atoms with Gasteiger partial charge in [-0.15, -0.1) is 0 Å². The molecule has 1 fully saturated rings. The Kier molecular flexibility index (Phi) is 3.64. The summed E-state index contributed by atoms with van der Waals surface area (Å²) in [6.07, 6.45) is 1.06. The number of hydrogen-bond acceptors (Lipinski definition) is 4. The monoisotopic (exact) mass is 303 g/mol. The Bertz CT molecular complexity index is 650. The van der Waals surface area contributed by atoms with Crippen LogP contribution in [0.3, 0.4) is 0 Å². The van der Waals surface area contributed by atoms with Crippen LogP contribution >= 0.6 is 11.6 Å². The van der Waals surface area contributed by atoms with Crippen molar-refractivity contribution in [2.75, 3.05) is 13.7 Å². The Morgan fingerprint density at radius 1 is 1.48 bits per heavy atom. The maximum atomic E-state index is 9.06. The van der Waals surface area contributed by atoms with E-state index < -0.39 is 0 Å². The minimum atomic E-state index is -0.0300. The van der Waals surface area contributed by atoms with E-state index in [1.165, 1.54) is 0 Å². The van der Waals surface area contributed by atoms with E-state index in [2.05, 4.69) is 18.0 Å². The van der Waals surface area contributed by atoms with Gasteiger partial charge in [0.1, 0.15) is 12.2 Å². The van der Waals surface area contributed by atoms with E-state index >= 15 is 0 Å². The molecule has 4 nitrogen and oxygen atoms in total. The molecule has 0 amide bonds. The molecule has 3 atom stereocenters.